The molecule has 10 nitrogen and oxygen atoms in total. The van der Waals surface area contributed by atoms with Crippen molar-refractivity contribution >= 4 is 29.2 Å². The third-order valence-electron chi connectivity index (χ3n) is 4.62. The number of hydrogen-bond acceptors (Lipinski definition) is 7. The van der Waals surface area contributed by atoms with E-state index in [0.717, 1.165) is 38.8 Å². The third-order valence-corrected chi connectivity index (χ3v) is 4.62. The molecule has 1 aliphatic heterocycles. The lowest BCUT2D eigenvalue weighted by atomic mass is 10.1. The van der Waals surface area contributed by atoms with Crippen molar-refractivity contribution in [3.63, 3.8) is 0 Å². The number of anilines is 1. The number of rotatable bonds is 7. The Morgan fingerprint density at radius 3 is 2.41 bits per heavy atom. The summed E-state index contributed by atoms with van der Waals surface area (Å²) in [5.41, 5.74) is 0.309. The largest absolute Gasteiger partial charge is 0.452 e. The van der Waals surface area contributed by atoms with Crippen LogP contribution in [-0.2, 0) is 14.3 Å². The molecule has 0 bridgehead atoms. The summed E-state index contributed by atoms with van der Waals surface area (Å²) in [4.78, 5) is 49.6. The fourth-order valence-electron chi connectivity index (χ4n) is 2.97. The number of likely N-dealkylation sites (N-methyl/N-ethyl adjacent to an activating group) is 1. The van der Waals surface area contributed by atoms with E-state index in [9.17, 15) is 24.5 Å². The maximum atomic E-state index is 12.2. The third kappa shape index (κ3) is 6.44. The summed E-state index contributed by atoms with van der Waals surface area (Å²) in [5, 5.41) is 13.9. The summed E-state index contributed by atoms with van der Waals surface area (Å²) >= 11 is 0. The molecule has 1 aromatic rings. The van der Waals surface area contributed by atoms with Crippen LogP contribution >= 0.6 is 0 Å². The van der Waals surface area contributed by atoms with Crippen molar-refractivity contribution < 1.29 is 24.0 Å². The van der Waals surface area contributed by atoms with Gasteiger partial charge in [-0.2, -0.15) is 0 Å². The number of benzene rings is 1. The monoisotopic (exact) mass is 406 g/mol. The van der Waals surface area contributed by atoms with Gasteiger partial charge in [-0.05, 0) is 25.0 Å². The molecular formula is C19H26N4O6. The number of ether oxygens (including phenoxy) is 1. The number of nitrogens with one attached hydrogen (secondary N) is 1. The molecule has 0 saturated carbocycles. The van der Waals surface area contributed by atoms with Gasteiger partial charge >= 0.3 is 5.97 Å². The summed E-state index contributed by atoms with van der Waals surface area (Å²) < 4.78 is 4.91. The second kappa shape index (κ2) is 10.4. The molecule has 0 aromatic heterocycles. The Morgan fingerprint density at radius 2 is 1.83 bits per heavy atom. The second-order valence-corrected chi connectivity index (χ2v) is 7.00. The molecule has 29 heavy (non-hydrogen) atoms. The molecule has 2 amide bonds. The number of nitro benzene ring substituents is 1. The Morgan fingerprint density at radius 1 is 1.17 bits per heavy atom. The van der Waals surface area contributed by atoms with Gasteiger partial charge in [0.25, 0.3) is 11.6 Å². The highest BCUT2D eigenvalue weighted by atomic mass is 16.6. The van der Waals surface area contributed by atoms with E-state index in [1.807, 2.05) is 4.90 Å². The first kappa shape index (κ1) is 22.1. The number of esters is 1. The minimum Gasteiger partial charge on any atom is -0.452 e. The Balaban J connectivity index is 2.01. The maximum Gasteiger partial charge on any atom is 0.338 e. The van der Waals surface area contributed by atoms with Crippen LogP contribution in [0.15, 0.2) is 18.2 Å². The van der Waals surface area contributed by atoms with Crippen LogP contribution in [0.25, 0.3) is 0 Å². The van der Waals surface area contributed by atoms with Gasteiger partial charge in [-0.15, -0.1) is 0 Å². The lowest BCUT2D eigenvalue weighted by Crippen LogP contribution is -2.38. The standard InChI is InChI=1S/C19H26N4O6/c1-21(2)18(25)12-20-17(24)13-29-19(26)14-7-8-15(16(11-14)23(27)28)22-9-5-3-4-6-10-22/h7-8,11H,3-6,9-10,12-13H2,1-2H3,(H,20,24). The van der Waals surface area contributed by atoms with Crippen LogP contribution in [-0.4, -0.2) is 67.9 Å². The predicted octanol–water partition coefficient (Wildman–Crippen LogP) is 1.34. The Kier molecular flexibility index (Phi) is 7.93. The van der Waals surface area contributed by atoms with Gasteiger partial charge in [0.1, 0.15) is 5.69 Å². The molecule has 1 saturated heterocycles. The number of carbonyl (C=O) groups excluding carboxylic acids is 3. The minimum atomic E-state index is -0.843. The van der Waals surface area contributed by atoms with Gasteiger partial charge in [-0.25, -0.2) is 4.79 Å². The second-order valence-electron chi connectivity index (χ2n) is 7.00. The summed E-state index contributed by atoms with van der Waals surface area (Å²) in [5.74, 6) is -1.78. The number of nitro groups is 1. The van der Waals surface area contributed by atoms with Crippen molar-refractivity contribution in [2.75, 3.05) is 45.2 Å². The fraction of sp³-hybridized carbons (Fsp3) is 0.526. The van der Waals surface area contributed by atoms with Crippen LogP contribution in [0, 0.1) is 10.1 Å². The molecule has 1 aromatic carbocycles. The first-order chi connectivity index (χ1) is 13.8. The summed E-state index contributed by atoms with van der Waals surface area (Å²) in [7, 11) is 3.10. The Labute approximate surface area is 168 Å². The van der Waals surface area contributed by atoms with Crippen LogP contribution in [0.1, 0.15) is 36.0 Å². The molecule has 1 heterocycles. The van der Waals surface area contributed by atoms with E-state index in [1.54, 1.807) is 20.2 Å². The van der Waals surface area contributed by atoms with Gasteiger partial charge in [0.05, 0.1) is 17.0 Å². The SMILES string of the molecule is CN(C)C(=O)CNC(=O)COC(=O)c1ccc(N2CCCCCC2)c([N+](=O)[O-])c1. The first-order valence-corrected chi connectivity index (χ1v) is 9.47. The topological polar surface area (TPSA) is 122 Å². The molecule has 1 fully saturated rings. The van der Waals surface area contributed by atoms with Crippen molar-refractivity contribution in [3.05, 3.63) is 33.9 Å². The summed E-state index contributed by atoms with van der Waals surface area (Å²) in [6.07, 6.45) is 4.12. The number of nitrogens with zero attached hydrogens (tertiary/aromatic N) is 3. The zero-order valence-corrected chi connectivity index (χ0v) is 16.7. The molecule has 0 aliphatic carbocycles. The molecule has 1 aliphatic rings. The van der Waals surface area contributed by atoms with Crippen LogP contribution in [0.5, 0.6) is 0 Å². The lowest BCUT2D eigenvalue weighted by Gasteiger charge is -2.22. The molecular weight excluding hydrogens is 380 g/mol. The van der Waals surface area contributed by atoms with Crippen LogP contribution in [0.4, 0.5) is 11.4 Å². The van der Waals surface area contributed by atoms with E-state index in [0.29, 0.717) is 5.69 Å². The van der Waals surface area contributed by atoms with Crippen molar-refractivity contribution in [3.8, 4) is 0 Å². The molecule has 2 rings (SSSR count). The van der Waals surface area contributed by atoms with E-state index >= 15 is 0 Å². The van der Waals surface area contributed by atoms with Crippen LogP contribution in [0.2, 0.25) is 0 Å². The van der Waals surface area contributed by atoms with Gasteiger partial charge in [0.15, 0.2) is 6.61 Å². The average molecular weight is 406 g/mol. The van der Waals surface area contributed by atoms with Gasteiger partial charge in [-0.3, -0.25) is 19.7 Å². The summed E-state index contributed by atoms with van der Waals surface area (Å²) in [6.45, 7) is 0.674. The van der Waals surface area contributed by atoms with Gasteiger partial charge in [0.2, 0.25) is 5.91 Å². The molecule has 1 N–H and O–H groups in total. The van der Waals surface area contributed by atoms with E-state index < -0.39 is 23.4 Å². The highest BCUT2D eigenvalue weighted by Gasteiger charge is 2.23. The van der Waals surface area contributed by atoms with Gasteiger partial charge < -0.3 is 19.9 Å². The lowest BCUT2D eigenvalue weighted by molar-refractivity contribution is -0.384. The quantitative estimate of drug-likeness (QED) is 0.412. The van der Waals surface area contributed by atoms with Crippen molar-refractivity contribution in [1.29, 1.82) is 0 Å². The highest BCUT2D eigenvalue weighted by molar-refractivity contribution is 5.93. The summed E-state index contributed by atoms with van der Waals surface area (Å²) in [6, 6.07) is 4.19. The number of hydrogen-bond donors (Lipinski definition) is 1. The van der Waals surface area contributed by atoms with Gasteiger partial charge in [0, 0.05) is 33.3 Å². The van der Waals surface area contributed by atoms with Crippen LogP contribution in [0.3, 0.4) is 0 Å². The maximum absolute atomic E-state index is 12.2. The average Bonchev–Trinajstić information content (AvgIpc) is 2.98. The molecule has 158 valence electrons. The number of carbonyl (C=O) groups is 3. The molecule has 0 unspecified atom stereocenters. The van der Waals surface area contributed by atoms with E-state index in [2.05, 4.69) is 5.32 Å². The first-order valence-electron chi connectivity index (χ1n) is 9.47. The minimum absolute atomic E-state index is 0.00700. The van der Waals surface area contributed by atoms with Crippen LogP contribution < -0.4 is 10.2 Å². The van der Waals surface area contributed by atoms with Crippen molar-refractivity contribution in [2.24, 2.45) is 0 Å². The number of amides is 2. The normalized spacial score (nSPS) is 13.9. The Hall–Kier alpha value is -3.17. The molecule has 0 radical (unpaired) electrons. The zero-order chi connectivity index (χ0) is 21.4. The van der Waals surface area contributed by atoms with E-state index in [4.69, 9.17) is 4.74 Å². The Bertz CT molecular complexity index is 772. The molecule has 0 atom stereocenters. The predicted molar refractivity (Wildman–Crippen MR) is 106 cm³/mol. The molecule has 10 heteroatoms. The smallest absolute Gasteiger partial charge is 0.338 e. The van der Waals surface area contributed by atoms with E-state index in [-0.39, 0.29) is 23.7 Å². The molecule has 0 spiro atoms. The van der Waals surface area contributed by atoms with Gasteiger partial charge in [-0.1, -0.05) is 12.8 Å². The van der Waals surface area contributed by atoms with Crippen molar-refractivity contribution in [2.45, 2.75) is 25.7 Å². The highest BCUT2D eigenvalue weighted by Crippen LogP contribution is 2.31. The zero-order valence-electron chi connectivity index (χ0n) is 16.7. The van der Waals surface area contributed by atoms with Crippen molar-refractivity contribution in [1.82, 2.24) is 10.2 Å². The fourth-order valence-corrected chi connectivity index (χ4v) is 2.97. The van der Waals surface area contributed by atoms with E-state index in [1.165, 1.54) is 17.0 Å².